The molecule has 1 rings (SSSR count). The van der Waals surface area contributed by atoms with E-state index in [4.69, 9.17) is 9.47 Å². The fourth-order valence-electron chi connectivity index (χ4n) is 10.1. The highest BCUT2D eigenvalue weighted by atomic mass is 16.7. The Bertz CT molecular complexity index is 1430. The molecule has 1 aliphatic heterocycles. The summed E-state index contributed by atoms with van der Waals surface area (Å²) in [6, 6.07) is -1.20. The summed E-state index contributed by atoms with van der Waals surface area (Å²) in [6.45, 7) is 3.43. The molecule has 0 bridgehead atoms. The highest BCUT2D eigenvalue weighted by molar-refractivity contribution is 5.80. The van der Waals surface area contributed by atoms with Gasteiger partial charge in [-0.2, -0.15) is 0 Å². The van der Waals surface area contributed by atoms with Crippen molar-refractivity contribution in [3.63, 3.8) is 0 Å². The molecule has 1 heterocycles. The Hall–Kier alpha value is -2.19. The highest BCUT2D eigenvalue weighted by Crippen LogP contribution is 2.23. The van der Waals surface area contributed by atoms with Crippen LogP contribution in [-0.2, 0) is 14.3 Å². The van der Waals surface area contributed by atoms with Crippen molar-refractivity contribution < 1.29 is 50.0 Å². The summed E-state index contributed by atoms with van der Waals surface area (Å²) in [5.74, 6) is -0.717. The summed E-state index contributed by atoms with van der Waals surface area (Å²) in [7, 11) is 0. The summed E-state index contributed by atoms with van der Waals surface area (Å²) >= 11 is 0. The van der Waals surface area contributed by atoms with Crippen molar-refractivity contribution in [2.24, 2.45) is 0 Å². The van der Waals surface area contributed by atoms with Crippen LogP contribution in [0.4, 0.5) is 0 Å². The Morgan fingerprint density at radius 3 is 1.26 bits per heavy atom. The van der Waals surface area contributed by atoms with E-state index in [9.17, 15) is 40.5 Å². The Morgan fingerprint density at radius 2 is 0.818 bits per heavy atom. The Morgan fingerprint density at radius 1 is 0.455 bits per heavy atom. The monoisotopic (exact) mass is 1090 g/mol. The van der Waals surface area contributed by atoms with Crippen molar-refractivity contribution in [1.29, 1.82) is 0 Å². The van der Waals surface area contributed by atoms with Gasteiger partial charge in [0.1, 0.15) is 36.6 Å². The van der Waals surface area contributed by atoms with Gasteiger partial charge in [-0.3, -0.25) is 4.79 Å². The van der Waals surface area contributed by atoms with E-state index in [1.54, 1.807) is 0 Å². The van der Waals surface area contributed by atoms with E-state index in [1.165, 1.54) is 180 Å². The van der Waals surface area contributed by atoms with Crippen LogP contribution in [0.15, 0.2) is 60.8 Å². The third kappa shape index (κ3) is 42.3. The molecule has 8 N–H and O–H groups in total. The molecule has 9 atom stereocenters. The number of rotatable bonds is 55. The molecule has 0 aromatic heterocycles. The largest absolute Gasteiger partial charge is 0.394 e. The van der Waals surface area contributed by atoms with Gasteiger partial charge in [-0.1, -0.05) is 254 Å². The lowest BCUT2D eigenvalue weighted by molar-refractivity contribution is -0.303. The van der Waals surface area contributed by atoms with Crippen LogP contribution in [-0.4, -0.2) is 110 Å². The molecule has 9 unspecified atom stereocenters. The van der Waals surface area contributed by atoms with E-state index in [2.05, 4.69) is 79.9 Å². The van der Waals surface area contributed by atoms with Gasteiger partial charge in [-0.15, -0.1) is 0 Å². The number of aliphatic hydroxyl groups is 7. The second kappa shape index (κ2) is 54.4. The topological polar surface area (TPSA) is 189 Å². The molecule has 0 aliphatic carbocycles. The Labute approximate surface area is 472 Å². The van der Waals surface area contributed by atoms with Gasteiger partial charge in [0, 0.05) is 0 Å². The number of allylic oxidation sites excluding steroid dienone is 10. The average Bonchev–Trinajstić information content (AvgIpc) is 3.43. The predicted molar refractivity (Wildman–Crippen MR) is 321 cm³/mol. The summed E-state index contributed by atoms with van der Waals surface area (Å²) in [5, 5.41) is 76.2. The smallest absolute Gasteiger partial charge is 0.249 e. The Kier molecular flexibility index (Phi) is 51.4. The van der Waals surface area contributed by atoms with Gasteiger partial charge in [0.15, 0.2) is 6.29 Å². The molecule has 1 aliphatic rings. The van der Waals surface area contributed by atoms with Crippen LogP contribution in [0.2, 0.25) is 0 Å². The molecule has 11 heteroatoms. The van der Waals surface area contributed by atoms with Crippen molar-refractivity contribution in [2.75, 3.05) is 13.2 Å². The third-order valence-corrected chi connectivity index (χ3v) is 15.3. The second-order valence-electron chi connectivity index (χ2n) is 22.5. The van der Waals surface area contributed by atoms with Crippen molar-refractivity contribution in [1.82, 2.24) is 5.32 Å². The molecule has 0 saturated carbocycles. The van der Waals surface area contributed by atoms with Gasteiger partial charge in [-0.05, 0) is 89.9 Å². The highest BCUT2D eigenvalue weighted by Gasteiger charge is 2.44. The minimum Gasteiger partial charge on any atom is -0.394 e. The minimum absolute atomic E-state index is 0.238. The first-order valence-corrected chi connectivity index (χ1v) is 32.2. The van der Waals surface area contributed by atoms with E-state index >= 15 is 0 Å². The fraction of sp³-hybridized carbons (Fsp3) is 0.833. The average molecular weight is 1090 g/mol. The maximum atomic E-state index is 13.2. The van der Waals surface area contributed by atoms with Crippen LogP contribution in [0.3, 0.4) is 0 Å². The van der Waals surface area contributed by atoms with Gasteiger partial charge < -0.3 is 50.5 Å². The van der Waals surface area contributed by atoms with Gasteiger partial charge in [0.2, 0.25) is 5.91 Å². The van der Waals surface area contributed by atoms with E-state index in [0.29, 0.717) is 19.3 Å². The third-order valence-electron chi connectivity index (χ3n) is 15.3. The quantitative estimate of drug-likeness (QED) is 0.0165. The lowest BCUT2D eigenvalue weighted by Crippen LogP contribution is -2.60. The molecule has 77 heavy (non-hydrogen) atoms. The van der Waals surface area contributed by atoms with Crippen LogP contribution in [0.25, 0.3) is 0 Å². The van der Waals surface area contributed by atoms with Crippen LogP contribution in [0.5, 0.6) is 0 Å². The molecule has 1 fully saturated rings. The summed E-state index contributed by atoms with van der Waals surface area (Å²) in [5.41, 5.74) is 0. The van der Waals surface area contributed by atoms with Crippen molar-refractivity contribution in [2.45, 2.75) is 339 Å². The lowest BCUT2D eigenvalue weighted by atomic mass is 9.98. The molecule has 11 nitrogen and oxygen atoms in total. The van der Waals surface area contributed by atoms with Crippen molar-refractivity contribution in [3.8, 4) is 0 Å². The molecule has 0 spiro atoms. The zero-order chi connectivity index (χ0) is 56.1. The molecular weight excluding hydrogens is 967 g/mol. The van der Waals surface area contributed by atoms with Crippen LogP contribution in [0, 0.1) is 0 Å². The number of ether oxygens (including phenoxy) is 2. The van der Waals surface area contributed by atoms with E-state index in [0.717, 1.165) is 57.8 Å². The minimum atomic E-state index is -1.68. The van der Waals surface area contributed by atoms with Crippen LogP contribution in [0.1, 0.15) is 284 Å². The molecule has 0 aromatic carbocycles. The second-order valence-corrected chi connectivity index (χ2v) is 22.5. The number of amides is 1. The SMILES string of the molecule is CCCCC/C=C\C=C/CCCCCCCCCCCC(O)C(=O)NC(COC1OC(CO)C(O)C(O)C1O)C(O)C(O)CCC/C=C/CC/C=C/CC/C=C/CCCCCCCCCCCCCCCCCCCCC. The normalized spacial score (nSPS) is 19.9. The van der Waals surface area contributed by atoms with Gasteiger partial charge >= 0.3 is 0 Å². The molecule has 1 saturated heterocycles. The van der Waals surface area contributed by atoms with E-state index in [1.807, 2.05) is 0 Å². The van der Waals surface area contributed by atoms with E-state index in [-0.39, 0.29) is 12.8 Å². The summed E-state index contributed by atoms with van der Waals surface area (Å²) in [6.07, 6.45) is 60.1. The van der Waals surface area contributed by atoms with Crippen molar-refractivity contribution in [3.05, 3.63) is 60.8 Å². The lowest BCUT2D eigenvalue weighted by Gasteiger charge is -2.40. The first-order chi connectivity index (χ1) is 37.7. The van der Waals surface area contributed by atoms with Crippen molar-refractivity contribution >= 4 is 5.91 Å². The maximum Gasteiger partial charge on any atom is 0.249 e. The van der Waals surface area contributed by atoms with Crippen LogP contribution < -0.4 is 5.32 Å². The molecule has 0 radical (unpaired) electrons. The zero-order valence-corrected chi connectivity index (χ0v) is 49.4. The van der Waals surface area contributed by atoms with Crippen LogP contribution >= 0.6 is 0 Å². The number of unbranched alkanes of at least 4 members (excludes halogenated alkanes) is 34. The molecular formula is C66H121NO10. The molecule has 0 aromatic rings. The van der Waals surface area contributed by atoms with Gasteiger partial charge in [0.05, 0.1) is 25.4 Å². The predicted octanol–water partition coefficient (Wildman–Crippen LogP) is 14.6. The van der Waals surface area contributed by atoms with E-state index < -0.39 is 74.2 Å². The molecule has 450 valence electrons. The first kappa shape index (κ1) is 72.8. The number of carbonyl (C=O) groups is 1. The van der Waals surface area contributed by atoms with Gasteiger partial charge in [-0.25, -0.2) is 0 Å². The number of hydrogen-bond donors (Lipinski definition) is 8. The number of hydrogen-bond acceptors (Lipinski definition) is 10. The number of aliphatic hydroxyl groups excluding tert-OH is 7. The summed E-state index contributed by atoms with van der Waals surface area (Å²) in [4.78, 5) is 13.2. The standard InChI is InChI=1S/C66H121NO10/c1-3-5-7-9-11-13-15-17-19-21-23-24-25-26-27-28-29-30-31-32-33-34-35-36-38-39-41-43-45-47-49-51-53-58(69)61(71)57(56-76-66-64(74)63(73)62(72)60(55-68)77-66)67-65(75)59(70)54-52-50-48-46-44-42-40-37-22-20-18-16-14-12-10-8-6-4-2/h12,14,16,18,33-34,38-39,45,47,57-64,66,68-74H,3-11,13,15,17,19-32,35-37,40-44,46,48-56H2,1-2H3,(H,67,75)/b14-12-,18-16-,34-33+,39-38+,47-45+. The Balaban J connectivity index is 2.27. The number of nitrogens with one attached hydrogen (secondary N) is 1. The van der Waals surface area contributed by atoms with Gasteiger partial charge in [0.25, 0.3) is 0 Å². The fourth-order valence-corrected chi connectivity index (χ4v) is 10.1. The first-order valence-electron chi connectivity index (χ1n) is 32.2. The zero-order valence-electron chi connectivity index (χ0n) is 49.4. The maximum absolute atomic E-state index is 13.2. The summed E-state index contributed by atoms with van der Waals surface area (Å²) < 4.78 is 11.1. The molecule has 1 amide bonds. The number of carbonyl (C=O) groups excluding carboxylic acids is 1.